The Bertz CT molecular complexity index is 563. The lowest BCUT2D eigenvalue weighted by Crippen LogP contribution is -2.08. The largest absolute Gasteiger partial charge is 0.507 e. The summed E-state index contributed by atoms with van der Waals surface area (Å²) in [4.78, 5) is 0. The minimum Gasteiger partial charge on any atom is -0.507 e. The molecule has 0 atom stereocenters. The van der Waals surface area contributed by atoms with Crippen molar-refractivity contribution in [1.82, 2.24) is 0 Å². The van der Waals surface area contributed by atoms with Crippen molar-refractivity contribution in [3.8, 4) is 5.75 Å². The van der Waals surface area contributed by atoms with Crippen molar-refractivity contribution in [3.63, 3.8) is 0 Å². The fraction of sp³-hybridized carbons (Fsp3) is 0.133. The molecule has 1 aromatic carbocycles. The van der Waals surface area contributed by atoms with Gasteiger partial charge in [-0.2, -0.15) is 0 Å². The first-order valence-electron chi connectivity index (χ1n) is 5.58. The molecular formula is C15H15NO. The summed E-state index contributed by atoms with van der Waals surface area (Å²) < 4.78 is 0. The number of aryl methyl sites for hydroxylation is 1. The molecule has 2 nitrogen and oxygen atoms in total. The predicted octanol–water partition coefficient (Wildman–Crippen LogP) is 3.60. The van der Waals surface area contributed by atoms with Crippen molar-refractivity contribution < 1.29 is 5.11 Å². The van der Waals surface area contributed by atoms with Gasteiger partial charge in [0.25, 0.3) is 0 Å². The third kappa shape index (κ3) is 1.94. The Morgan fingerprint density at radius 2 is 2.00 bits per heavy atom. The van der Waals surface area contributed by atoms with Crippen LogP contribution in [0.3, 0.4) is 0 Å². The van der Waals surface area contributed by atoms with E-state index in [1.807, 2.05) is 56.4 Å². The van der Waals surface area contributed by atoms with Crippen molar-refractivity contribution in [2.24, 2.45) is 0 Å². The third-order valence-electron chi connectivity index (χ3n) is 2.86. The molecule has 0 aliphatic heterocycles. The number of phenols is 1. The highest BCUT2D eigenvalue weighted by atomic mass is 16.3. The second kappa shape index (κ2) is 4.42. The normalized spacial score (nSPS) is 16.8. The van der Waals surface area contributed by atoms with Gasteiger partial charge >= 0.3 is 0 Å². The van der Waals surface area contributed by atoms with Gasteiger partial charge in [0.15, 0.2) is 0 Å². The van der Waals surface area contributed by atoms with E-state index in [9.17, 15) is 5.11 Å². The molecule has 2 N–H and O–H groups in total. The van der Waals surface area contributed by atoms with Crippen LogP contribution in [0.5, 0.6) is 5.75 Å². The minimum atomic E-state index is 0.211. The van der Waals surface area contributed by atoms with E-state index >= 15 is 0 Å². The molecule has 0 saturated carbocycles. The van der Waals surface area contributed by atoms with E-state index < -0.39 is 0 Å². The molecule has 2 rings (SSSR count). The van der Waals surface area contributed by atoms with Gasteiger partial charge in [-0.1, -0.05) is 42.5 Å². The van der Waals surface area contributed by atoms with Gasteiger partial charge in [-0.05, 0) is 25.0 Å². The second-order valence-electron chi connectivity index (χ2n) is 4.05. The highest BCUT2D eigenvalue weighted by Gasteiger charge is 2.18. The molecular weight excluding hydrogens is 210 g/mol. The van der Waals surface area contributed by atoms with E-state index in [0.717, 1.165) is 16.7 Å². The summed E-state index contributed by atoms with van der Waals surface area (Å²) in [6, 6.07) is 3.80. The summed E-state index contributed by atoms with van der Waals surface area (Å²) in [6.45, 7) is 3.78. The van der Waals surface area contributed by atoms with E-state index in [1.54, 1.807) is 0 Å². The average Bonchev–Trinajstić information content (AvgIpc) is 2.33. The number of aromatic hydroxyl groups is 1. The predicted molar refractivity (Wildman–Crippen MR) is 71.6 cm³/mol. The van der Waals surface area contributed by atoms with E-state index in [1.165, 1.54) is 0 Å². The van der Waals surface area contributed by atoms with Crippen LogP contribution in [0.4, 0.5) is 0 Å². The minimum absolute atomic E-state index is 0.211. The number of rotatable bonds is 1. The van der Waals surface area contributed by atoms with Crippen molar-refractivity contribution in [2.45, 2.75) is 13.8 Å². The van der Waals surface area contributed by atoms with Gasteiger partial charge in [-0.3, -0.25) is 5.41 Å². The van der Waals surface area contributed by atoms with E-state index in [4.69, 9.17) is 5.41 Å². The van der Waals surface area contributed by atoms with Crippen LogP contribution in [-0.4, -0.2) is 10.8 Å². The molecule has 1 aromatic rings. The quantitative estimate of drug-likeness (QED) is 0.753. The van der Waals surface area contributed by atoms with Gasteiger partial charge in [-0.15, -0.1) is 0 Å². The number of benzene rings is 1. The van der Waals surface area contributed by atoms with Crippen LogP contribution in [0.1, 0.15) is 23.6 Å². The molecule has 0 fully saturated rings. The van der Waals surface area contributed by atoms with Crippen LogP contribution in [0.25, 0.3) is 6.08 Å². The molecule has 0 spiro atoms. The first-order valence-corrected chi connectivity index (χ1v) is 5.58. The fourth-order valence-electron chi connectivity index (χ4n) is 1.86. The molecule has 2 heteroatoms. The fourth-order valence-corrected chi connectivity index (χ4v) is 1.86. The van der Waals surface area contributed by atoms with Crippen LogP contribution in [0, 0.1) is 12.3 Å². The molecule has 1 aliphatic carbocycles. The van der Waals surface area contributed by atoms with Gasteiger partial charge in [0.05, 0.1) is 5.71 Å². The Hall–Kier alpha value is -2.09. The van der Waals surface area contributed by atoms with Gasteiger partial charge in [0, 0.05) is 11.1 Å². The Morgan fingerprint density at radius 3 is 2.71 bits per heavy atom. The number of fused-ring (bicyclic) bond motifs is 1. The number of hydrogen-bond donors (Lipinski definition) is 2. The topological polar surface area (TPSA) is 44.1 Å². The number of phenolic OH excluding ortho intramolecular Hbond substituents is 1. The van der Waals surface area contributed by atoms with Gasteiger partial charge in [-0.25, -0.2) is 0 Å². The van der Waals surface area contributed by atoms with Crippen LogP contribution < -0.4 is 0 Å². The Labute approximate surface area is 101 Å². The maximum absolute atomic E-state index is 10.0. The highest BCUT2D eigenvalue weighted by molar-refractivity contribution is 6.18. The number of allylic oxidation sites excluding steroid dienone is 5. The zero-order chi connectivity index (χ0) is 12.4. The van der Waals surface area contributed by atoms with Crippen molar-refractivity contribution in [1.29, 1.82) is 5.41 Å². The SMILES string of the molecule is C/C=C\C=C1\C=Cc2ccc(C)c(O)c2C1=N. The molecule has 0 unspecified atom stereocenters. The molecule has 0 amide bonds. The summed E-state index contributed by atoms with van der Waals surface area (Å²) in [6.07, 6.45) is 9.52. The molecule has 0 bridgehead atoms. The Kier molecular flexibility index (Phi) is 2.96. The summed E-state index contributed by atoms with van der Waals surface area (Å²) in [5.41, 5.74) is 3.52. The van der Waals surface area contributed by atoms with Gasteiger partial charge in [0.2, 0.25) is 0 Å². The zero-order valence-corrected chi connectivity index (χ0v) is 9.99. The lowest BCUT2D eigenvalue weighted by molar-refractivity contribution is 0.470. The highest BCUT2D eigenvalue weighted by Crippen LogP contribution is 2.32. The van der Waals surface area contributed by atoms with Gasteiger partial charge in [0.1, 0.15) is 5.75 Å². The van der Waals surface area contributed by atoms with Crippen molar-refractivity contribution >= 4 is 11.8 Å². The van der Waals surface area contributed by atoms with E-state index in [0.29, 0.717) is 11.3 Å². The molecule has 1 aliphatic rings. The molecule has 17 heavy (non-hydrogen) atoms. The first kappa shape index (κ1) is 11.4. The molecule has 0 heterocycles. The molecule has 0 aromatic heterocycles. The second-order valence-corrected chi connectivity index (χ2v) is 4.05. The standard InChI is InChI=1S/C15H15NO/c1-3-4-5-12-9-8-11-7-6-10(2)15(17)13(11)14(12)16/h3-9,16-17H,1-2H3/b4-3-,12-5-,16-14?. The summed E-state index contributed by atoms with van der Waals surface area (Å²) >= 11 is 0. The monoisotopic (exact) mass is 225 g/mol. The Morgan fingerprint density at radius 1 is 1.24 bits per heavy atom. The van der Waals surface area contributed by atoms with Crippen molar-refractivity contribution in [2.75, 3.05) is 0 Å². The summed E-state index contributed by atoms with van der Waals surface area (Å²) in [7, 11) is 0. The lowest BCUT2D eigenvalue weighted by atomic mass is 9.89. The first-order chi connectivity index (χ1) is 8.15. The van der Waals surface area contributed by atoms with E-state index in [-0.39, 0.29) is 5.75 Å². The van der Waals surface area contributed by atoms with Crippen LogP contribution in [-0.2, 0) is 0 Å². The van der Waals surface area contributed by atoms with Crippen LogP contribution in [0.15, 0.2) is 42.0 Å². The average molecular weight is 225 g/mol. The maximum Gasteiger partial charge on any atom is 0.128 e. The van der Waals surface area contributed by atoms with Crippen LogP contribution >= 0.6 is 0 Å². The maximum atomic E-state index is 10.0. The van der Waals surface area contributed by atoms with Gasteiger partial charge < -0.3 is 5.11 Å². The zero-order valence-electron chi connectivity index (χ0n) is 9.99. The van der Waals surface area contributed by atoms with Crippen molar-refractivity contribution in [3.05, 3.63) is 58.7 Å². The summed E-state index contributed by atoms with van der Waals surface area (Å²) in [5, 5.41) is 18.2. The van der Waals surface area contributed by atoms with E-state index in [2.05, 4.69) is 0 Å². The summed E-state index contributed by atoms with van der Waals surface area (Å²) in [5.74, 6) is 0.211. The number of nitrogens with one attached hydrogen (secondary N) is 1. The molecule has 86 valence electrons. The molecule has 0 saturated heterocycles. The smallest absolute Gasteiger partial charge is 0.128 e. The van der Waals surface area contributed by atoms with Crippen LogP contribution in [0.2, 0.25) is 0 Å². The lowest BCUT2D eigenvalue weighted by Gasteiger charge is -2.16. The number of hydrogen-bond acceptors (Lipinski definition) is 2. The third-order valence-corrected chi connectivity index (χ3v) is 2.86. The molecule has 0 radical (unpaired) electrons. The Balaban J connectivity index is 2.58.